The summed E-state index contributed by atoms with van der Waals surface area (Å²) in [6, 6.07) is 27.4. The molecule has 100 heavy (non-hydrogen) atoms. The molecule has 10 rings (SSSR count). The van der Waals surface area contributed by atoms with Gasteiger partial charge in [0.1, 0.15) is 23.6 Å². The Morgan fingerprint density at radius 1 is 0.590 bits per heavy atom. The van der Waals surface area contributed by atoms with Crippen LogP contribution in [0, 0.1) is 30.7 Å². The van der Waals surface area contributed by atoms with E-state index in [1.54, 1.807) is 98.0 Å². The molecule has 0 aliphatic heterocycles. The largest absolute Gasteiger partial charge is 0.460 e. The maximum atomic E-state index is 12.6. The van der Waals surface area contributed by atoms with Gasteiger partial charge in [-0.1, -0.05) is 108 Å². The number of halogens is 16. The summed E-state index contributed by atoms with van der Waals surface area (Å²) in [4.78, 5) is 125. The van der Waals surface area contributed by atoms with Gasteiger partial charge >= 0.3 is 5.97 Å². The van der Waals surface area contributed by atoms with E-state index in [0.717, 1.165) is 31.2 Å². The Hall–Kier alpha value is -6.36. The summed E-state index contributed by atoms with van der Waals surface area (Å²) in [6.45, 7) is 2.86. The molecular formula is C63H55Cl14F2N5O16. The topological polar surface area (TPSA) is 310 Å². The fraction of sp³-hybridized carbons (Fsp3) is 0.238. The van der Waals surface area contributed by atoms with E-state index in [9.17, 15) is 61.5 Å². The zero-order chi connectivity index (χ0) is 73.9. The molecule has 540 valence electrons. The summed E-state index contributed by atoms with van der Waals surface area (Å²) < 4.78 is 48.0. The van der Waals surface area contributed by atoms with Crippen LogP contribution in [0.3, 0.4) is 0 Å². The molecule has 8 aromatic rings. The lowest BCUT2D eigenvalue weighted by Crippen LogP contribution is -2.14. The minimum Gasteiger partial charge on any atom is -0.460 e. The average Bonchev–Trinajstić information content (AvgIpc) is 1.63. The molecule has 0 bridgehead atoms. The second-order valence-corrected chi connectivity index (χ2v) is 23.1. The summed E-state index contributed by atoms with van der Waals surface area (Å²) in [7, 11) is 1.42. The third kappa shape index (κ3) is 42.2. The first-order valence-corrected chi connectivity index (χ1v) is 32.0. The number of methoxy groups -OCH3 is 1. The highest BCUT2D eigenvalue weighted by molar-refractivity contribution is 6.70. The van der Waals surface area contributed by atoms with Crippen molar-refractivity contribution in [2.75, 3.05) is 13.7 Å². The first kappa shape index (κ1) is 95.7. The molecule has 2 aliphatic carbocycles. The Bertz CT molecular complexity index is 3730. The first-order chi connectivity index (χ1) is 46.3. The zero-order valence-corrected chi connectivity index (χ0v) is 62.5. The molecule has 1 atom stereocenters. The molecule has 21 nitrogen and oxygen atoms in total. The molecule has 1 unspecified atom stereocenters. The highest BCUT2D eigenvalue weighted by Crippen LogP contribution is 2.33. The quantitative estimate of drug-likeness (QED) is 0.0493. The maximum Gasteiger partial charge on any atom is 0.303 e. The third-order valence-corrected chi connectivity index (χ3v) is 14.0. The monoisotopic (exact) mass is 1660 g/mol. The van der Waals surface area contributed by atoms with Crippen molar-refractivity contribution in [3.8, 4) is 11.3 Å². The van der Waals surface area contributed by atoms with Crippen LogP contribution in [0.5, 0.6) is 0 Å². The van der Waals surface area contributed by atoms with Crippen molar-refractivity contribution in [2.24, 2.45) is 11.8 Å². The molecular weight excluding hydrogens is 1620 g/mol. The van der Waals surface area contributed by atoms with Gasteiger partial charge in [-0.3, -0.25) is 62.7 Å². The van der Waals surface area contributed by atoms with Crippen LogP contribution in [0.4, 0.5) is 8.78 Å². The second-order valence-electron chi connectivity index (χ2n) is 18.6. The minimum atomic E-state index is -1.27. The smallest absolute Gasteiger partial charge is 0.303 e. The van der Waals surface area contributed by atoms with Crippen LogP contribution in [0.15, 0.2) is 154 Å². The van der Waals surface area contributed by atoms with Crippen LogP contribution < -0.4 is 0 Å². The Kier molecular flexibility index (Phi) is 52.0. The van der Waals surface area contributed by atoms with Gasteiger partial charge in [0.05, 0.1) is 33.6 Å². The van der Waals surface area contributed by atoms with E-state index in [1.807, 2.05) is 0 Å². The Labute approximate surface area is 642 Å². The van der Waals surface area contributed by atoms with E-state index in [4.69, 9.17) is 148 Å². The minimum absolute atomic E-state index is 0. The third-order valence-electron chi connectivity index (χ3n) is 11.4. The number of esters is 1. The maximum absolute atomic E-state index is 12.6. The first-order valence-electron chi connectivity index (χ1n) is 27.4. The van der Waals surface area contributed by atoms with Crippen LogP contribution in [-0.2, 0) is 33.4 Å². The van der Waals surface area contributed by atoms with Gasteiger partial charge in [0.25, 0.3) is 36.7 Å². The van der Waals surface area contributed by atoms with Crippen LogP contribution in [0.1, 0.15) is 138 Å². The highest BCUT2D eigenvalue weighted by atomic mass is 35.5. The number of hydrogen-bond acceptors (Lipinski definition) is 21. The average molecular weight is 1670 g/mol. The van der Waals surface area contributed by atoms with Gasteiger partial charge < -0.3 is 22.9 Å². The van der Waals surface area contributed by atoms with E-state index in [0.29, 0.717) is 45.2 Å². The summed E-state index contributed by atoms with van der Waals surface area (Å²) in [6.07, 6.45) is 16.8. The Morgan fingerprint density at radius 3 is 1.55 bits per heavy atom. The molecule has 0 amide bonds. The second kappa shape index (κ2) is 54.4. The molecule has 37 heteroatoms. The van der Waals surface area contributed by atoms with Crippen molar-refractivity contribution in [1.82, 2.24) is 25.3 Å². The highest BCUT2D eigenvalue weighted by Gasteiger charge is 2.27. The number of ether oxygens (including phenoxy) is 2. The van der Waals surface area contributed by atoms with Crippen LogP contribution in [-0.4, -0.2) is 97.4 Å². The predicted octanol–water partition coefficient (Wildman–Crippen LogP) is 18.9. The molecule has 2 saturated carbocycles. The van der Waals surface area contributed by atoms with Gasteiger partial charge in [-0.15, -0.1) is 24.8 Å². The van der Waals surface area contributed by atoms with Gasteiger partial charge in [0.15, 0.2) is 5.76 Å². The Balaban J connectivity index is 0. The lowest BCUT2D eigenvalue weighted by molar-refractivity contribution is -0.150. The fourth-order valence-electron chi connectivity index (χ4n) is 6.77. The zero-order valence-electron chi connectivity index (χ0n) is 51.8. The number of rotatable bonds is 16. The molecule has 2 aliphatic rings. The molecule has 2 aromatic carbocycles. The van der Waals surface area contributed by atoms with Crippen molar-refractivity contribution in [3.05, 3.63) is 207 Å². The number of pyridine rings is 3. The van der Waals surface area contributed by atoms with Crippen molar-refractivity contribution < 1.29 is 84.5 Å². The van der Waals surface area contributed by atoms with Crippen LogP contribution in [0.25, 0.3) is 11.3 Å². The Morgan fingerprint density at radius 2 is 1.18 bits per heavy atom. The lowest BCUT2D eigenvalue weighted by atomic mass is 10.0. The van der Waals surface area contributed by atoms with Gasteiger partial charge in [-0.25, -0.2) is 0 Å². The number of carbonyl (C=O) groups is 11. The van der Waals surface area contributed by atoms with Crippen molar-refractivity contribution in [3.63, 3.8) is 0 Å². The van der Waals surface area contributed by atoms with Gasteiger partial charge in [0, 0.05) is 73.9 Å². The summed E-state index contributed by atoms with van der Waals surface area (Å²) >= 11 is 62.2. The van der Waals surface area contributed by atoms with E-state index >= 15 is 0 Å². The normalized spacial score (nSPS) is 11.3. The number of benzene rings is 2. The van der Waals surface area contributed by atoms with E-state index in [1.165, 1.54) is 82.9 Å². The van der Waals surface area contributed by atoms with E-state index < -0.39 is 76.5 Å². The number of carbonyl (C=O) groups excluding carboxylic acids is 11. The summed E-state index contributed by atoms with van der Waals surface area (Å²) in [5.74, 6) is -1.30. The molecule has 0 saturated heterocycles. The molecule has 6 heterocycles. The molecule has 2 fully saturated rings. The van der Waals surface area contributed by atoms with Crippen LogP contribution >= 0.6 is 164 Å². The molecule has 0 N–H and O–H groups in total. The van der Waals surface area contributed by atoms with E-state index in [2.05, 4.69) is 38.9 Å². The van der Waals surface area contributed by atoms with Gasteiger partial charge in [-0.2, -0.15) is 13.8 Å². The van der Waals surface area contributed by atoms with Crippen molar-refractivity contribution in [2.45, 2.75) is 71.3 Å². The van der Waals surface area contributed by atoms with Gasteiger partial charge in [0.2, 0.25) is 39.5 Å². The van der Waals surface area contributed by atoms with E-state index in [-0.39, 0.29) is 64.9 Å². The van der Waals surface area contributed by atoms with Gasteiger partial charge in [-0.05, 0) is 197 Å². The number of aryl methyl sites for hydroxylation is 1. The predicted molar refractivity (Wildman–Crippen MR) is 380 cm³/mol. The summed E-state index contributed by atoms with van der Waals surface area (Å²) in [5.41, 5.74) is 2.21. The number of furan rings is 1. The molecule has 0 radical (unpaired) electrons. The van der Waals surface area contributed by atoms with Crippen LogP contribution in [0.2, 0.25) is 10.0 Å². The number of aromatic nitrogens is 5. The molecule has 0 spiro atoms. The molecule has 6 aromatic heterocycles. The number of hydrogen-bond donors (Lipinski definition) is 0. The SMILES string of the molecule is CC(=O)OC(C(=O)Cl)c1ccccc1.COCC(=O)Cl.Cc1onc(-c2ccccc2Cl)c1C(=O)Cl.Cl.Cl.O=C(Cl)C1CC1.O=C(Cl)CCC1CCCC1.O=C(Cl)c1cc(Cl)c(F)nc1F.O=C(Cl)c1cccnc1.O=C(Cl)c1ccco1.O=C(Cl)c1ccncc1.O=C(Cl)c1ccno1. The van der Waals surface area contributed by atoms with Crippen molar-refractivity contribution >= 4 is 222 Å². The lowest BCUT2D eigenvalue weighted by Gasteiger charge is -2.12. The number of nitrogens with zero attached hydrogens (tertiary/aromatic N) is 5. The summed E-state index contributed by atoms with van der Waals surface area (Å²) in [5, 5.41) is 1.85. The fourth-order valence-corrected chi connectivity index (χ4v) is 8.55. The van der Waals surface area contributed by atoms with Crippen molar-refractivity contribution in [1.29, 1.82) is 0 Å². The standard InChI is InChI=1S/C11H7Cl2NO2.C10H9ClO3.C8H13ClO.C6HCl2F2NO.2C6H4ClNO.C5H3ClO2.C4H2ClNO2.C4H5ClO.C3H5ClO2.2ClH/c1-6-9(11(13)15)10(14-16-6)7-4-2-3-5-8(7)12;1-7(12)14-9(10(11)13)8-5-3-2-4-6-8;9-8(10)6-5-7-3-1-2-4-7;7-3-1-2(4(8)12)5(9)11-6(3)10;7-6(9)5-1-3-8-4-2-5;7-6(9)5-2-1-3-8-4-5;6-5(7)4-2-1-3-8-4;5-4(7)3-1-2-6-8-3;5-4(6)3-1-2-3;1-6-2-3(4)5;;/h2-5H,1H3;2-6,9H,1H3;7H,1-6H2;1H;2*1-4H;1-3H;1-2H;3H,1-2H2;2H2,1H3;2*1H.